The van der Waals surface area contributed by atoms with Crippen molar-refractivity contribution < 1.29 is 22.6 Å². The van der Waals surface area contributed by atoms with Crippen LogP contribution in [0, 0.1) is 11.8 Å². The molecule has 0 spiro atoms. The summed E-state index contributed by atoms with van der Waals surface area (Å²) in [6.07, 6.45) is 4.55. The van der Waals surface area contributed by atoms with Gasteiger partial charge >= 0.3 is 0 Å². The summed E-state index contributed by atoms with van der Waals surface area (Å²) in [6, 6.07) is 0. The van der Waals surface area contributed by atoms with E-state index in [4.69, 9.17) is 14.2 Å². The van der Waals surface area contributed by atoms with Gasteiger partial charge in [-0.2, -0.15) is 0 Å². The van der Waals surface area contributed by atoms with E-state index in [0.29, 0.717) is 64.8 Å². The van der Waals surface area contributed by atoms with E-state index < -0.39 is 9.84 Å². The van der Waals surface area contributed by atoms with Crippen molar-refractivity contribution in [2.45, 2.75) is 38.4 Å². The summed E-state index contributed by atoms with van der Waals surface area (Å²) in [5.74, 6) is 2.34. The molecule has 182 valence electrons. The van der Waals surface area contributed by atoms with Crippen molar-refractivity contribution in [3.63, 3.8) is 0 Å². The lowest BCUT2D eigenvalue weighted by molar-refractivity contribution is 0.0127. The highest BCUT2D eigenvalue weighted by atomic mass is 32.2. The lowest BCUT2D eigenvalue weighted by Crippen LogP contribution is -2.39. The Morgan fingerprint density at radius 3 is 2.34 bits per heavy atom. The fraction of sp³-hybridized carbons (Fsp3) is 0.905. The van der Waals surface area contributed by atoms with Crippen LogP contribution in [0.3, 0.4) is 0 Å². The molecule has 3 aliphatic rings. The molecule has 1 saturated heterocycles. The topological polar surface area (TPSA) is 108 Å². The zero-order chi connectivity index (χ0) is 22.4. The van der Waals surface area contributed by atoms with Crippen molar-refractivity contribution in [1.29, 1.82) is 0 Å². The summed E-state index contributed by atoms with van der Waals surface area (Å²) < 4.78 is 41.5. The minimum atomic E-state index is -2.86. The molecule has 11 heteroatoms. The van der Waals surface area contributed by atoms with Crippen molar-refractivity contribution in [2.24, 2.45) is 11.8 Å². The molecule has 2 heterocycles. The first-order chi connectivity index (χ1) is 15.5. The third-order valence-corrected chi connectivity index (χ3v) is 8.52. The number of nitrogens with one attached hydrogen (secondary N) is 1. The molecule has 4 rings (SSSR count). The first-order valence-electron chi connectivity index (χ1n) is 11.8. The van der Waals surface area contributed by atoms with Crippen molar-refractivity contribution >= 4 is 9.84 Å². The number of ether oxygens (including phenoxy) is 3. The third kappa shape index (κ3) is 6.48. The van der Waals surface area contributed by atoms with Crippen LogP contribution in [0.4, 0.5) is 0 Å². The molecule has 1 aliphatic heterocycles. The molecule has 0 amide bonds. The van der Waals surface area contributed by atoms with Gasteiger partial charge in [-0.25, -0.2) is 13.1 Å². The second-order valence-corrected chi connectivity index (χ2v) is 11.3. The Hall–Kier alpha value is -1.11. The summed E-state index contributed by atoms with van der Waals surface area (Å²) in [7, 11) is -2.86. The fourth-order valence-electron chi connectivity index (χ4n) is 4.68. The SMILES string of the molecule is CCC1(NCCOCCOCCOCCn2cc(CN3CCS(=O)(=O)CC3)nn2)C2CC21. The molecule has 0 bridgehead atoms. The Morgan fingerprint density at radius 1 is 1.06 bits per heavy atom. The highest BCUT2D eigenvalue weighted by molar-refractivity contribution is 7.91. The fourth-order valence-corrected chi connectivity index (χ4v) is 5.96. The minimum absolute atomic E-state index is 0.223. The van der Waals surface area contributed by atoms with Gasteiger partial charge in [0.1, 0.15) is 0 Å². The molecule has 1 aromatic heterocycles. The van der Waals surface area contributed by atoms with Crippen molar-refractivity contribution in [3.05, 3.63) is 11.9 Å². The number of rotatable bonds is 16. The number of aromatic nitrogens is 3. The summed E-state index contributed by atoms with van der Waals surface area (Å²) in [4.78, 5) is 2.10. The van der Waals surface area contributed by atoms with Gasteiger partial charge in [0.05, 0.1) is 63.4 Å². The molecule has 3 fully saturated rings. The predicted molar refractivity (Wildman–Crippen MR) is 119 cm³/mol. The summed E-state index contributed by atoms with van der Waals surface area (Å²) >= 11 is 0. The normalized spacial score (nSPS) is 28.5. The van der Waals surface area contributed by atoms with Crippen LogP contribution in [0.1, 0.15) is 25.5 Å². The Labute approximate surface area is 190 Å². The maximum Gasteiger partial charge on any atom is 0.152 e. The van der Waals surface area contributed by atoms with Gasteiger partial charge < -0.3 is 19.5 Å². The average Bonchev–Trinajstić information content (AvgIpc) is 3.65. The van der Waals surface area contributed by atoms with Crippen LogP contribution in [0.5, 0.6) is 0 Å². The smallest absolute Gasteiger partial charge is 0.152 e. The van der Waals surface area contributed by atoms with E-state index in [1.54, 1.807) is 4.68 Å². The average molecular weight is 472 g/mol. The van der Waals surface area contributed by atoms with Crippen molar-refractivity contribution in [1.82, 2.24) is 25.2 Å². The Balaban J connectivity index is 0.942. The number of fused-ring (bicyclic) bond motifs is 1. The Morgan fingerprint density at radius 2 is 1.72 bits per heavy atom. The van der Waals surface area contributed by atoms with Crippen LogP contribution in [0.25, 0.3) is 0 Å². The standard InChI is InChI=1S/C21H37N5O5S/c1-2-21(19-15-20(19)21)22-3-7-29-9-11-31-12-10-30-8-4-26-17-18(23-24-26)16-25-5-13-32(27,28)14-6-25/h17,19-20,22H,2-16H2,1H3. The number of sulfone groups is 1. The first-order valence-corrected chi connectivity index (χ1v) is 13.6. The minimum Gasteiger partial charge on any atom is -0.378 e. The van der Waals surface area contributed by atoms with E-state index in [1.807, 2.05) is 6.20 Å². The van der Waals surface area contributed by atoms with E-state index in [-0.39, 0.29) is 11.5 Å². The van der Waals surface area contributed by atoms with Crippen LogP contribution in [0.15, 0.2) is 6.20 Å². The van der Waals surface area contributed by atoms with E-state index in [1.165, 1.54) is 12.8 Å². The maximum atomic E-state index is 11.5. The Bertz CT molecular complexity index is 810. The molecule has 0 radical (unpaired) electrons. The van der Waals surface area contributed by atoms with Crippen molar-refractivity contribution in [3.8, 4) is 0 Å². The molecular weight excluding hydrogens is 434 g/mol. The highest BCUT2D eigenvalue weighted by Gasteiger charge is 2.74. The zero-order valence-electron chi connectivity index (χ0n) is 19.1. The second kappa shape index (κ2) is 10.9. The number of hydrogen-bond acceptors (Lipinski definition) is 9. The largest absolute Gasteiger partial charge is 0.378 e. The quantitative estimate of drug-likeness (QED) is 0.332. The van der Waals surface area contributed by atoms with Crippen LogP contribution < -0.4 is 5.32 Å². The lowest BCUT2D eigenvalue weighted by atomic mass is 10.0. The van der Waals surface area contributed by atoms with Gasteiger partial charge in [-0.3, -0.25) is 4.90 Å². The molecule has 1 aromatic rings. The van der Waals surface area contributed by atoms with Gasteiger partial charge in [0.2, 0.25) is 0 Å². The van der Waals surface area contributed by atoms with Gasteiger partial charge in [-0.15, -0.1) is 5.10 Å². The van der Waals surface area contributed by atoms with Gasteiger partial charge in [0.15, 0.2) is 9.84 Å². The predicted octanol–water partition coefficient (Wildman–Crippen LogP) is -0.0536. The molecular formula is C21H37N5O5S. The van der Waals surface area contributed by atoms with Gasteiger partial charge in [-0.05, 0) is 24.7 Å². The van der Waals surface area contributed by atoms with E-state index in [0.717, 1.165) is 30.7 Å². The molecule has 2 unspecified atom stereocenters. The molecule has 2 saturated carbocycles. The van der Waals surface area contributed by atoms with Gasteiger partial charge in [0.25, 0.3) is 0 Å². The molecule has 10 nitrogen and oxygen atoms in total. The third-order valence-electron chi connectivity index (χ3n) is 6.91. The van der Waals surface area contributed by atoms with E-state index >= 15 is 0 Å². The van der Waals surface area contributed by atoms with Crippen molar-refractivity contribution in [2.75, 3.05) is 70.8 Å². The molecule has 2 atom stereocenters. The van der Waals surface area contributed by atoms with E-state index in [9.17, 15) is 8.42 Å². The van der Waals surface area contributed by atoms with Crippen LogP contribution in [0.2, 0.25) is 0 Å². The Kier molecular flexibility index (Phi) is 8.17. The highest BCUT2D eigenvalue weighted by Crippen LogP contribution is 2.72. The zero-order valence-corrected chi connectivity index (χ0v) is 19.9. The van der Waals surface area contributed by atoms with Crippen LogP contribution >= 0.6 is 0 Å². The maximum absolute atomic E-state index is 11.5. The van der Waals surface area contributed by atoms with Gasteiger partial charge in [-0.1, -0.05) is 12.1 Å². The second-order valence-electron chi connectivity index (χ2n) is 9.01. The summed E-state index contributed by atoms with van der Waals surface area (Å²) in [5.41, 5.74) is 1.31. The first kappa shape index (κ1) is 24.0. The van der Waals surface area contributed by atoms with E-state index in [2.05, 4.69) is 27.5 Å². The molecule has 32 heavy (non-hydrogen) atoms. The number of hydrogen-bond donors (Lipinski definition) is 1. The van der Waals surface area contributed by atoms with Crippen LogP contribution in [-0.4, -0.2) is 105 Å². The van der Waals surface area contributed by atoms with Crippen LogP contribution in [-0.2, 0) is 37.1 Å². The monoisotopic (exact) mass is 471 g/mol. The number of nitrogens with zero attached hydrogens (tertiary/aromatic N) is 4. The van der Waals surface area contributed by atoms with Gasteiger partial charge in [0, 0.05) is 37.9 Å². The lowest BCUT2D eigenvalue weighted by Gasteiger charge is -2.25. The summed E-state index contributed by atoms with van der Waals surface area (Å²) in [5, 5.41) is 11.9. The molecule has 0 aromatic carbocycles. The molecule has 2 aliphatic carbocycles. The molecule has 1 N–H and O–H groups in total. The summed E-state index contributed by atoms with van der Waals surface area (Å²) in [6.45, 7) is 9.10.